The number of thiophene rings is 1. The Hall–Kier alpha value is -3.35. The fourth-order valence-corrected chi connectivity index (χ4v) is 9.59. The molecule has 12 nitrogen and oxygen atoms in total. The average Bonchev–Trinajstić information content (AvgIpc) is 3.72. The predicted octanol–water partition coefficient (Wildman–Crippen LogP) is 2.81. The van der Waals surface area contributed by atoms with E-state index in [0.29, 0.717) is 60.8 Å². The number of anilines is 4. The number of hydrogen-bond acceptors (Lipinski definition) is 13. The van der Waals surface area contributed by atoms with Crippen molar-refractivity contribution < 1.29 is 9.13 Å². The van der Waals surface area contributed by atoms with E-state index < -0.39 is 6.17 Å². The summed E-state index contributed by atoms with van der Waals surface area (Å²) in [6, 6.07) is 2.33. The molecule has 7 rings (SSSR count). The molecule has 0 radical (unpaired) electrons. The number of aromatic amines is 1. The molecule has 3 aromatic rings. The number of nitrogens with zero attached hydrogens (tertiary/aromatic N) is 8. The molecule has 0 aliphatic carbocycles. The van der Waals surface area contributed by atoms with E-state index in [4.69, 9.17) is 26.2 Å². The van der Waals surface area contributed by atoms with Gasteiger partial charge >= 0.3 is 6.01 Å². The molecule has 216 valence electrons. The molecule has 0 bridgehead atoms. The number of H-pyrrole nitrogens is 1. The molecule has 4 aliphatic rings. The minimum atomic E-state index is -0.842. The molecule has 1 spiro atoms. The SMILES string of the molecule is CC(c1[nH]ncc1N)N(C)c1nc(OC[C@@]23CCCN2CC(F)C3)nc(N2CC3(C2)SCc2sc(N)c(C#N)c23)n1. The fourth-order valence-electron chi connectivity index (χ4n) is 6.78. The van der Waals surface area contributed by atoms with Crippen molar-refractivity contribution >= 4 is 45.7 Å². The summed E-state index contributed by atoms with van der Waals surface area (Å²) in [4.78, 5) is 21.6. The van der Waals surface area contributed by atoms with Crippen LogP contribution in [0.2, 0.25) is 0 Å². The highest BCUT2D eigenvalue weighted by atomic mass is 32.2. The van der Waals surface area contributed by atoms with Gasteiger partial charge < -0.3 is 26.0 Å². The Morgan fingerprint density at radius 1 is 1.34 bits per heavy atom. The number of nitrogens with one attached hydrogen (secondary N) is 1. The predicted molar refractivity (Wildman–Crippen MR) is 157 cm³/mol. The number of nitrogens with two attached hydrogens (primary N) is 2. The smallest absolute Gasteiger partial charge is 0.323 e. The number of thioether (sulfide) groups is 1. The van der Waals surface area contributed by atoms with Gasteiger partial charge in [-0.3, -0.25) is 10.00 Å². The van der Waals surface area contributed by atoms with Crippen molar-refractivity contribution in [1.82, 2.24) is 30.0 Å². The minimum Gasteiger partial charge on any atom is -0.461 e. The highest BCUT2D eigenvalue weighted by molar-refractivity contribution is 8.00. The Bertz CT molecular complexity index is 1530. The van der Waals surface area contributed by atoms with Gasteiger partial charge in [-0.05, 0) is 26.3 Å². The van der Waals surface area contributed by atoms with Crippen molar-refractivity contribution in [3.63, 3.8) is 0 Å². The quantitative estimate of drug-likeness (QED) is 0.366. The summed E-state index contributed by atoms with van der Waals surface area (Å²) in [5.74, 6) is 1.77. The van der Waals surface area contributed by atoms with E-state index in [2.05, 4.69) is 31.1 Å². The largest absolute Gasteiger partial charge is 0.461 e. The molecule has 7 heterocycles. The number of fused-ring (bicyclic) bond motifs is 3. The minimum absolute atomic E-state index is 0.200. The van der Waals surface area contributed by atoms with Crippen LogP contribution in [0, 0.1) is 11.3 Å². The summed E-state index contributed by atoms with van der Waals surface area (Å²) in [6.45, 7) is 4.94. The lowest BCUT2D eigenvalue weighted by Gasteiger charge is -2.47. The molecule has 41 heavy (non-hydrogen) atoms. The lowest BCUT2D eigenvalue weighted by Crippen LogP contribution is -2.57. The van der Waals surface area contributed by atoms with Crippen molar-refractivity contribution in [3.05, 3.63) is 27.9 Å². The van der Waals surface area contributed by atoms with E-state index in [1.807, 2.05) is 30.6 Å². The van der Waals surface area contributed by atoms with Crippen molar-refractivity contribution in [3.8, 4) is 12.1 Å². The molecular formula is C26H32FN11OS2. The average molecular weight is 598 g/mol. The van der Waals surface area contributed by atoms with Crippen LogP contribution in [0.1, 0.15) is 53.9 Å². The Morgan fingerprint density at radius 2 is 2.17 bits per heavy atom. The van der Waals surface area contributed by atoms with Gasteiger partial charge in [0, 0.05) is 49.3 Å². The maximum absolute atomic E-state index is 14.4. The number of aromatic nitrogens is 5. The van der Waals surface area contributed by atoms with E-state index in [1.54, 1.807) is 6.20 Å². The zero-order chi connectivity index (χ0) is 28.5. The van der Waals surface area contributed by atoms with Crippen LogP contribution in [0.5, 0.6) is 6.01 Å². The standard InChI is InChI=1S/C26H32FN11OS2/c1-14(20-17(29)8-31-35-20)36(2)22-32-23(34-24(33-22)39-13-25-4-3-5-38(25)9-15(27)6-25)37-11-26(12-37)19-16(7-28)21(30)41-18(19)10-40-26/h8,14-15H,3-6,9-13,29-30H2,1-2H3,(H,31,35)/t14?,15?,25-/m0/s1. The molecule has 4 aliphatic heterocycles. The van der Waals surface area contributed by atoms with Crippen molar-refractivity contribution in [2.45, 2.75) is 54.4 Å². The van der Waals surface area contributed by atoms with Gasteiger partial charge in [-0.25, -0.2) is 4.39 Å². The van der Waals surface area contributed by atoms with Gasteiger partial charge in [0.25, 0.3) is 0 Å². The van der Waals surface area contributed by atoms with E-state index in [1.165, 1.54) is 16.2 Å². The number of nitrogen functional groups attached to an aromatic ring is 2. The second-order valence-corrected chi connectivity index (χ2v) is 14.0. The number of hydrogen-bond donors (Lipinski definition) is 3. The maximum atomic E-state index is 14.4. The topological polar surface area (TPSA) is 162 Å². The van der Waals surface area contributed by atoms with Gasteiger partial charge in [0.1, 0.15) is 23.8 Å². The molecule has 3 aromatic heterocycles. The number of alkyl halides is 1. The van der Waals surface area contributed by atoms with Gasteiger partial charge in [0.15, 0.2) is 0 Å². The highest BCUT2D eigenvalue weighted by Gasteiger charge is 2.53. The van der Waals surface area contributed by atoms with Crippen molar-refractivity contribution in [2.24, 2.45) is 0 Å². The normalized spacial score (nSPS) is 25.1. The lowest BCUT2D eigenvalue weighted by atomic mass is 9.88. The lowest BCUT2D eigenvalue weighted by molar-refractivity contribution is 0.107. The summed E-state index contributed by atoms with van der Waals surface area (Å²) in [6.07, 6.45) is 3.13. The van der Waals surface area contributed by atoms with Crippen molar-refractivity contribution in [2.75, 3.05) is 61.1 Å². The Labute approximate surface area is 245 Å². The second-order valence-electron chi connectivity index (χ2n) is 11.5. The van der Waals surface area contributed by atoms with Crippen LogP contribution in [0.4, 0.5) is 27.0 Å². The zero-order valence-electron chi connectivity index (χ0n) is 22.9. The molecular weight excluding hydrogens is 565 g/mol. The summed E-state index contributed by atoms with van der Waals surface area (Å²) < 4.78 is 20.4. The molecule has 2 unspecified atom stereocenters. The summed E-state index contributed by atoms with van der Waals surface area (Å²) in [7, 11) is 1.89. The van der Waals surface area contributed by atoms with Crippen LogP contribution in [0.3, 0.4) is 0 Å². The van der Waals surface area contributed by atoms with Crippen LogP contribution in [0.15, 0.2) is 6.20 Å². The molecule has 0 amide bonds. The van der Waals surface area contributed by atoms with Crippen LogP contribution >= 0.6 is 23.1 Å². The first-order chi connectivity index (χ1) is 19.7. The summed E-state index contributed by atoms with van der Waals surface area (Å²) in [5, 5.41) is 17.4. The molecule has 5 N–H and O–H groups in total. The maximum Gasteiger partial charge on any atom is 0.323 e. The first kappa shape index (κ1) is 26.5. The van der Waals surface area contributed by atoms with E-state index in [9.17, 15) is 9.65 Å². The third kappa shape index (κ3) is 4.18. The fraction of sp³-hybridized carbons (Fsp3) is 0.577. The van der Waals surface area contributed by atoms with Crippen molar-refractivity contribution in [1.29, 1.82) is 5.26 Å². The first-order valence-electron chi connectivity index (χ1n) is 13.7. The van der Waals surface area contributed by atoms with Gasteiger partial charge in [-0.15, -0.1) is 23.1 Å². The van der Waals surface area contributed by atoms with Crippen LogP contribution < -0.4 is 26.0 Å². The first-order valence-corrected chi connectivity index (χ1v) is 15.5. The molecule has 3 saturated heterocycles. The zero-order valence-corrected chi connectivity index (χ0v) is 24.6. The van der Waals surface area contributed by atoms with Gasteiger partial charge in [-0.1, -0.05) is 0 Å². The third-order valence-corrected chi connectivity index (χ3v) is 11.7. The molecule has 3 fully saturated rings. The van der Waals surface area contributed by atoms with Crippen LogP contribution in [-0.2, 0) is 10.5 Å². The van der Waals surface area contributed by atoms with Gasteiger partial charge in [0.05, 0.1) is 39.5 Å². The Balaban J connectivity index is 1.18. The number of rotatable bonds is 7. The van der Waals surface area contributed by atoms with Gasteiger partial charge in [-0.2, -0.15) is 25.3 Å². The molecule has 0 aromatic carbocycles. The molecule has 0 saturated carbocycles. The third-order valence-electron chi connectivity index (χ3n) is 9.07. The van der Waals surface area contributed by atoms with Crippen LogP contribution in [-0.4, -0.2) is 81.6 Å². The number of ether oxygens (including phenoxy) is 1. The molecule has 3 atom stereocenters. The highest BCUT2D eigenvalue weighted by Crippen LogP contribution is 2.57. The Kier molecular flexibility index (Phi) is 6.22. The van der Waals surface area contributed by atoms with E-state index >= 15 is 0 Å². The second kappa shape index (κ2) is 9.60. The van der Waals surface area contributed by atoms with E-state index in [-0.39, 0.29) is 22.3 Å². The summed E-state index contributed by atoms with van der Waals surface area (Å²) in [5.41, 5.74) is 15.0. The monoisotopic (exact) mass is 597 g/mol. The molecule has 15 heteroatoms. The summed E-state index contributed by atoms with van der Waals surface area (Å²) >= 11 is 3.36. The Morgan fingerprint density at radius 3 is 2.93 bits per heavy atom. The number of halogens is 1. The van der Waals surface area contributed by atoms with E-state index in [0.717, 1.165) is 36.4 Å². The van der Waals surface area contributed by atoms with Gasteiger partial charge in [0.2, 0.25) is 11.9 Å². The number of nitriles is 1. The van der Waals surface area contributed by atoms with Crippen LogP contribution in [0.25, 0.3) is 0 Å².